The van der Waals surface area contributed by atoms with Crippen molar-refractivity contribution in [2.24, 2.45) is 0 Å². The summed E-state index contributed by atoms with van der Waals surface area (Å²) in [4.78, 5) is 14.5. The van der Waals surface area contributed by atoms with Gasteiger partial charge in [0.1, 0.15) is 0 Å². The minimum atomic E-state index is -3.15. The third kappa shape index (κ3) is 4.78. The molecule has 1 N–H and O–H groups in total. The first-order chi connectivity index (χ1) is 11.2. The lowest BCUT2D eigenvalue weighted by Crippen LogP contribution is -2.54. The molecule has 1 heterocycles. The van der Waals surface area contributed by atoms with Crippen molar-refractivity contribution in [1.82, 2.24) is 9.21 Å². The van der Waals surface area contributed by atoms with E-state index in [-0.39, 0.29) is 17.7 Å². The predicted octanol–water partition coefficient (Wildman–Crippen LogP) is 2.51. The number of carbonyl (C=O) groups excluding carboxylic acids is 1. The highest BCUT2D eigenvalue weighted by Crippen LogP contribution is 2.26. The van der Waals surface area contributed by atoms with Gasteiger partial charge >= 0.3 is 0 Å². The monoisotopic (exact) mass is 481 g/mol. The molecule has 9 heteroatoms. The Labute approximate surface area is 159 Å². The van der Waals surface area contributed by atoms with Gasteiger partial charge in [0.25, 0.3) is 0 Å². The lowest BCUT2D eigenvalue weighted by molar-refractivity contribution is -0.121. The van der Waals surface area contributed by atoms with Crippen LogP contribution in [0.1, 0.15) is 13.8 Å². The molecular formula is C15H21Br2N3O3S. The van der Waals surface area contributed by atoms with Gasteiger partial charge in [-0.05, 0) is 48.0 Å². The second kappa shape index (κ2) is 8.27. The van der Waals surface area contributed by atoms with Crippen LogP contribution in [-0.2, 0) is 14.8 Å². The number of anilines is 1. The minimum absolute atomic E-state index is 0.107. The minimum Gasteiger partial charge on any atom is -0.324 e. The van der Waals surface area contributed by atoms with Crippen LogP contribution in [-0.4, -0.2) is 61.5 Å². The lowest BCUT2D eigenvalue weighted by Gasteiger charge is -2.36. The first-order valence-electron chi connectivity index (χ1n) is 7.72. The smallest absolute Gasteiger partial charge is 0.241 e. The summed E-state index contributed by atoms with van der Waals surface area (Å²) in [6.07, 6.45) is 0. The van der Waals surface area contributed by atoms with Crippen LogP contribution in [0.5, 0.6) is 0 Å². The molecule has 24 heavy (non-hydrogen) atoms. The fourth-order valence-electron chi connectivity index (χ4n) is 2.55. The number of rotatable bonds is 5. The molecule has 1 aromatic carbocycles. The van der Waals surface area contributed by atoms with Crippen LogP contribution in [0.3, 0.4) is 0 Å². The van der Waals surface area contributed by atoms with Gasteiger partial charge in [0.2, 0.25) is 15.9 Å². The number of amides is 1. The second-order valence-electron chi connectivity index (χ2n) is 5.62. The summed E-state index contributed by atoms with van der Waals surface area (Å²) < 4.78 is 27.0. The van der Waals surface area contributed by atoms with Crippen molar-refractivity contribution in [3.05, 3.63) is 27.1 Å². The van der Waals surface area contributed by atoms with Crippen molar-refractivity contribution >= 4 is 53.5 Å². The molecule has 1 aromatic rings. The molecule has 6 nitrogen and oxygen atoms in total. The summed E-state index contributed by atoms with van der Waals surface area (Å²) in [5, 5.41) is 2.91. The van der Waals surface area contributed by atoms with Crippen LogP contribution in [0.2, 0.25) is 0 Å². The standard InChI is InChI=1S/C15H21Br2N3O3S/c1-3-24(22,23)20-8-6-19(7-9-20)11(2)15(21)18-14-5-4-12(16)10-13(14)17/h4-5,10-11H,3,6-9H2,1-2H3,(H,18,21). The summed E-state index contributed by atoms with van der Waals surface area (Å²) in [5.74, 6) is 0.00509. The van der Waals surface area contributed by atoms with E-state index in [1.807, 2.05) is 30.0 Å². The van der Waals surface area contributed by atoms with Crippen LogP contribution in [0.15, 0.2) is 27.1 Å². The van der Waals surface area contributed by atoms with E-state index < -0.39 is 10.0 Å². The molecule has 0 aromatic heterocycles. The number of nitrogens with one attached hydrogen (secondary N) is 1. The molecule has 134 valence electrons. The van der Waals surface area contributed by atoms with Crippen molar-refractivity contribution in [3.8, 4) is 0 Å². The molecule has 1 amide bonds. The average Bonchev–Trinajstić information content (AvgIpc) is 2.56. The number of halogens is 2. The topological polar surface area (TPSA) is 69.7 Å². The maximum absolute atomic E-state index is 12.5. The molecule has 1 aliphatic heterocycles. The van der Waals surface area contributed by atoms with Crippen molar-refractivity contribution in [2.75, 3.05) is 37.2 Å². The Hall–Kier alpha value is -0.480. The number of hydrogen-bond donors (Lipinski definition) is 1. The van der Waals surface area contributed by atoms with Gasteiger partial charge in [0.15, 0.2) is 0 Å². The molecule has 1 aliphatic rings. The third-order valence-electron chi connectivity index (χ3n) is 4.15. The fraction of sp³-hybridized carbons (Fsp3) is 0.533. The van der Waals surface area contributed by atoms with Gasteiger partial charge in [-0.15, -0.1) is 0 Å². The van der Waals surface area contributed by atoms with Gasteiger partial charge < -0.3 is 5.32 Å². The molecule has 2 rings (SSSR count). The van der Waals surface area contributed by atoms with E-state index in [0.717, 1.165) is 8.95 Å². The van der Waals surface area contributed by atoms with E-state index in [4.69, 9.17) is 0 Å². The highest BCUT2D eigenvalue weighted by Gasteiger charge is 2.30. The van der Waals surface area contributed by atoms with Crippen LogP contribution in [0.25, 0.3) is 0 Å². The van der Waals surface area contributed by atoms with Crippen molar-refractivity contribution < 1.29 is 13.2 Å². The fourth-order valence-corrected chi connectivity index (χ4v) is 4.78. The molecule has 1 atom stereocenters. The molecule has 0 spiro atoms. The molecule has 0 saturated carbocycles. The maximum Gasteiger partial charge on any atom is 0.241 e. The average molecular weight is 483 g/mol. The van der Waals surface area contributed by atoms with Gasteiger partial charge in [-0.3, -0.25) is 9.69 Å². The van der Waals surface area contributed by atoms with E-state index in [2.05, 4.69) is 37.2 Å². The van der Waals surface area contributed by atoms with Crippen LogP contribution in [0, 0.1) is 0 Å². The molecule has 0 bridgehead atoms. The number of hydrogen-bond acceptors (Lipinski definition) is 4. The first kappa shape index (κ1) is 19.8. The zero-order chi connectivity index (χ0) is 17.9. The third-order valence-corrected chi connectivity index (χ3v) is 7.18. The Bertz CT molecular complexity index is 704. The molecular weight excluding hydrogens is 462 g/mol. The number of nitrogens with zero attached hydrogens (tertiary/aromatic N) is 2. The summed E-state index contributed by atoms with van der Waals surface area (Å²) in [6.45, 7) is 5.44. The van der Waals surface area contributed by atoms with E-state index in [1.165, 1.54) is 4.31 Å². The number of benzene rings is 1. The Balaban J connectivity index is 1.95. The van der Waals surface area contributed by atoms with E-state index in [1.54, 1.807) is 6.92 Å². The zero-order valence-corrected chi connectivity index (χ0v) is 17.6. The summed E-state index contributed by atoms with van der Waals surface area (Å²) in [5.41, 5.74) is 0.710. The number of sulfonamides is 1. The Morgan fingerprint density at radius 3 is 2.42 bits per heavy atom. The van der Waals surface area contributed by atoms with E-state index in [0.29, 0.717) is 31.9 Å². The highest BCUT2D eigenvalue weighted by molar-refractivity contribution is 9.11. The first-order valence-corrected chi connectivity index (χ1v) is 10.9. The normalized spacial score (nSPS) is 18.3. The summed E-state index contributed by atoms with van der Waals surface area (Å²) in [7, 11) is -3.15. The zero-order valence-electron chi connectivity index (χ0n) is 13.6. The molecule has 1 fully saturated rings. The van der Waals surface area contributed by atoms with Gasteiger partial charge in [-0.1, -0.05) is 15.9 Å². The number of piperazine rings is 1. The van der Waals surface area contributed by atoms with Gasteiger partial charge in [-0.2, -0.15) is 4.31 Å². The molecule has 1 unspecified atom stereocenters. The van der Waals surface area contributed by atoms with Gasteiger partial charge in [0.05, 0.1) is 17.5 Å². The quantitative estimate of drug-likeness (QED) is 0.699. The van der Waals surface area contributed by atoms with Crippen molar-refractivity contribution in [1.29, 1.82) is 0 Å². The predicted molar refractivity (Wildman–Crippen MR) is 103 cm³/mol. The number of carbonyl (C=O) groups is 1. The van der Waals surface area contributed by atoms with E-state index in [9.17, 15) is 13.2 Å². The van der Waals surface area contributed by atoms with Gasteiger partial charge in [-0.25, -0.2) is 8.42 Å². The van der Waals surface area contributed by atoms with Crippen LogP contribution >= 0.6 is 31.9 Å². The van der Waals surface area contributed by atoms with Gasteiger partial charge in [0, 0.05) is 35.1 Å². The lowest BCUT2D eigenvalue weighted by atomic mass is 10.2. The maximum atomic E-state index is 12.5. The Morgan fingerprint density at radius 2 is 1.88 bits per heavy atom. The molecule has 1 saturated heterocycles. The van der Waals surface area contributed by atoms with Crippen molar-refractivity contribution in [3.63, 3.8) is 0 Å². The Morgan fingerprint density at radius 1 is 1.25 bits per heavy atom. The van der Waals surface area contributed by atoms with E-state index >= 15 is 0 Å². The molecule has 0 aliphatic carbocycles. The summed E-state index contributed by atoms with van der Waals surface area (Å²) in [6, 6.07) is 5.23. The summed E-state index contributed by atoms with van der Waals surface area (Å²) >= 11 is 6.80. The van der Waals surface area contributed by atoms with Crippen LogP contribution in [0.4, 0.5) is 5.69 Å². The Kier molecular flexibility index (Phi) is 6.83. The highest BCUT2D eigenvalue weighted by atomic mass is 79.9. The molecule has 0 radical (unpaired) electrons. The largest absolute Gasteiger partial charge is 0.324 e. The SMILES string of the molecule is CCS(=O)(=O)N1CCN(C(C)C(=O)Nc2ccc(Br)cc2Br)CC1. The van der Waals surface area contributed by atoms with Crippen molar-refractivity contribution in [2.45, 2.75) is 19.9 Å². The second-order valence-corrected chi connectivity index (χ2v) is 9.65. The van der Waals surface area contributed by atoms with Crippen LogP contribution < -0.4 is 5.32 Å².